The lowest BCUT2D eigenvalue weighted by molar-refractivity contribution is -0.385. The van der Waals surface area contributed by atoms with Crippen LogP contribution in [0.25, 0.3) is 0 Å². The molecule has 0 radical (unpaired) electrons. The number of pyridine rings is 1. The molecule has 0 bridgehead atoms. The number of rotatable bonds is 9. The molecular weight excluding hydrogens is 503 g/mol. The van der Waals surface area contributed by atoms with E-state index in [1.165, 1.54) is 5.56 Å². The molecule has 0 saturated heterocycles. The van der Waals surface area contributed by atoms with Gasteiger partial charge in [-0.25, -0.2) is 4.98 Å². The summed E-state index contributed by atoms with van der Waals surface area (Å²) in [5.41, 5.74) is 6.16. The zero-order valence-corrected chi connectivity index (χ0v) is 21.1. The van der Waals surface area contributed by atoms with Crippen molar-refractivity contribution in [2.75, 3.05) is 17.6 Å². The van der Waals surface area contributed by atoms with E-state index in [1.54, 1.807) is 0 Å². The molecule has 0 unspecified atom stereocenters. The Bertz CT molecular complexity index is 1290. The fraction of sp³-hybridized carbons (Fsp3) is 0.500. The number of hydrogen-bond donors (Lipinski definition) is 3. The largest absolute Gasteiger partial charge is 0.416 e. The average Bonchev–Trinajstić information content (AvgIpc) is 3.18. The van der Waals surface area contributed by atoms with Crippen LogP contribution in [0.2, 0.25) is 0 Å². The SMILES string of the molecule is Cc1c(CNC2CCC(CNc3nc(N)c([N+](=O)[O-])c(Cc4cnccc4C(F)(F)F)n3)CC2)cnn1C. The van der Waals surface area contributed by atoms with Gasteiger partial charge in [0.2, 0.25) is 11.8 Å². The van der Waals surface area contributed by atoms with Crippen molar-refractivity contribution in [3.8, 4) is 0 Å². The van der Waals surface area contributed by atoms with Crippen LogP contribution in [0.1, 0.15) is 53.8 Å². The fourth-order valence-corrected chi connectivity index (χ4v) is 4.73. The van der Waals surface area contributed by atoms with Crippen LogP contribution in [0.15, 0.2) is 24.7 Å². The van der Waals surface area contributed by atoms with Crippen LogP contribution < -0.4 is 16.4 Å². The number of nitrogens with one attached hydrogen (secondary N) is 2. The number of nitrogens with zero attached hydrogens (tertiary/aromatic N) is 6. The van der Waals surface area contributed by atoms with Crippen molar-refractivity contribution >= 4 is 17.5 Å². The van der Waals surface area contributed by atoms with Gasteiger partial charge in [-0.2, -0.15) is 23.3 Å². The zero-order chi connectivity index (χ0) is 27.4. The molecule has 204 valence electrons. The Balaban J connectivity index is 1.39. The first-order chi connectivity index (χ1) is 18.0. The molecule has 0 atom stereocenters. The molecule has 1 aliphatic rings. The molecule has 14 heteroatoms. The first kappa shape index (κ1) is 27.2. The minimum atomic E-state index is -4.64. The lowest BCUT2D eigenvalue weighted by Gasteiger charge is -2.29. The number of hydrogen-bond acceptors (Lipinski definition) is 9. The molecule has 11 nitrogen and oxygen atoms in total. The number of aryl methyl sites for hydroxylation is 1. The van der Waals surface area contributed by atoms with Crippen LogP contribution in [-0.2, 0) is 26.2 Å². The van der Waals surface area contributed by atoms with E-state index < -0.39 is 34.6 Å². The van der Waals surface area contributed by atoms with E-state index in [1.807, 2.05) is 24.9 Å². The van der Waals surface area contributed by atoms with Gasteiger partial charge in [0.25, 0.3) is 0 Å². The van der Waals surface area contributed by atoms with Crippen LogP contribution >= 0.6 is 0 Å². The average molecular weight is 534 g/mol. The van der Waals surface area contributed by atoms with Gasteiger partial charge in [-0.1, -0.05) is 0 Å². The Hall–Kier alpha value is -3.81. The van der Waals surface area contributed by atoms with Crippen molar-refractivity contribution in [1.82, 2.24) is 30.0 Å². The Morgan fingerprint density at radius 3 is 2.55 bits per heavy atom. The summed E-state index contributed by atoms with van der Waals surface area (Å²) in [6.45, 7) is 3.32. The molecule has 38 heavy (non-hydrogen) atoms. The lowest BCUT2D eigenvalue weighted by atomic mass is 9.86. The molecule has 3 aromatic rings. The van der Waals surface area contributed by atoms with Crippen molar-refractivity contribution < 1.29 is 18.1 Å². The maximum absolute atomic E-state index is 13.4. The summed E-state index contributed by atoms with van der Waals surface area (Å²) < 4.78 is 42.2. The van der Waals surface area contributed by atoms with E-state index in [4.69, 9.17) is 5.73 Å². The number of nitro groups is 1. The third-order valence-corrected chi connectivity index (χ3v) is 7.05. The maximum atomic E-state index is 13.4. The van der Waals surface area contributed by atoms with Crippen molar-refractivity contribution in [3.05, 3.63) is 62.8 Å². The van der Waals surface area contributed by atoms with E-state index in [0.29, 0.717) is 18.5 Å². The van der Waals surface area contributed by atoms with Gasteiger partial charge in [0, 0.05) is 56.3 Å². The molecule has 0 spiro atoms. The smallest absolute Gasteiger partial charge is 0.378 e. The van der Waals surface area contributed by atoms with E-state index in [2.05, 4.69) is 30.7 Å². The molecular formula is C24H30F3N9O2. The monoisotopic (exact) mass is 533 g/mol. The van der Waals surface area contributed by atoms with E-state index in [-0.39, 0.29) is 17.2 Å². The number of nitrogens with two attached hydrogens (primary N) is 1. The minimum Gasteiger partial charge on any atom is -0.378 e. The predicted molar refractivity (Wildman–Crippen MR) is 134 cm³/mol. The molecule has 1 aliphatic carbocycles. The normalized spacial score (nSPS) is 17.9. The summed E-state index contributed by atoms with van der Waals surface area (Å²) in [6.07, 6.45) is 2.70. The highest BCUT2D eigenvalue weighted by atomic mass is 19.4. The van der Waals surface area contributed by atoms with Gasteiger partial charge >= 0.3 is 11.9 Å². The van der Waals surface area contributed by atoms with E-state index in [9.17, 15) is 23.3 Å². The summed E-state index contributed by atoms with van der Waals surface area (Å²) in [5.74, 6) is -0.0294. The number of aromatic nitrogens is 5. The number of nitrogen functional groups attached to an aromatic ring is 1. The summed E-state index contributed by atoms with van der Waals surface area (Å²) in [5, 5.41) is 22.5. The number of halogens is 3. The molecule has 4 rings (SSSR count). The molecule has 0 amide bonds. The molecule has 0 aromatic carbocycles. The highest BCUT2D eigenvalue weighted by molar-refractivity contribution is 5.59. The Labute approximate surface area is 217 Å². The van der Waals surface area contributed by atoms with E-state index in [0.717, 1.165) is 56.4 Å². The van der Waals surface area contributed by atoms with Crippen molar-refractivity contribution in [1.29, 1.82) is 0 Å². The minimum absolute atomic E-state index is 0.0489. The van der Waals surface area contributed by atoms with Gasteiger partial charge in [0.1, 0.15) is 5.69 Å². The third kappa shape index (κ3) is 6.36. The lowest BCUT2D eigenvalue weighted by Crippen LogP contribution is -2.34. The van der Waals surface area contributed by atoms with Crippen LogP contribution in [0, 0.1) is 23.0 Å². The van der Waals surface area contributed by atoms with Gasteiger partial charge in [-0.05, 0) is 50.2 Å². The van der Waals surface area contributed by atoms with Crippen molar-refractivity contribution in [2.45, 2.75) is 57.8 Å². The summed E-state index contributed by atoms with van der Waals surface area (Å²) in [7, 11) is 1.92. The van der Waals surface area contributed by atoms with Gasteiger partial charge in [-0.3, -0.25) is 19.8 Å². The van der Waals surface area contributed by atoms with Crippen LogP contribution in [0.3, 0.4) is 0 Å². The molecule has 0 aliphatic heterocycles. The molecule has 1 saturated carbocycles. The molecule has 3 aromatic heterocycles. The topological polar surface area (TPSA) is 150 Å². The van der Waals surface area contributed by atoms with Crippen molar-refractivity contribution in [2.24, 2.45) is 13.0 Å². The van der Waals surface area contributed by atoms with Crippen LogP contribution in [0.5, 0.6) is 0 Å². The van der Waals surface area contributed by atoms with Gasteiger partial charge in [0.05, 0.1) is 16.7 Å². The first-order valence-electron chi connectivity index (χ1n) is 12.3. The molecule has 3 heterocycles. The summed E-state index contributed by atoms with van der Waals surface area (Å²) in [4.78, 5) is 22.8. The summed E-state index contributed by atoms with van der Waals surface area (Å²) >= 11 is 0. The second kappa shape index (κ2) is 11.3. The first-order valence-corrected chi connectivity index (χ1v) is 12.3. The number of alkyl halides is 3. The van der Waals surface area contributed by atoms with Gasteiger partial charge in [0.15, 0.2) is 0 Å². The Kier molecular flexibility index (Phi) is 8.09. The quantitative estimate of drug-likeness (QED) is 0.276. The van der Waals surface area contributed by atoms with Gasteiger partial charge < -0.3 is 16.4 Å². The third-order valence-electron chi connectivity index (χ3n) is 7.05. The summed E-state index contributed by atoms with van der Waals surface area (Å²) in [6, 6.07) is 1.22. The second-order valence-corrected chi connectivity index (χ2v) is 9.55. The maximum Gasteiger partial charge on any atom is 0.416 e. The second-order valence-electron chi connectivity index (χ2n) is 9.55. The molecule has 4 N–H and O–H groups in total. The Morgan fingerprint density at radius 2 is 1.92 bits per heavy atom. The molecule has 1 fully saturated rings. The van der Waals surface area contributed by atoms with E-state index >= 15 is 0 Å². The standard InChI is InChI=1S/C24H30F3N9O2/c1-14-17(13-32-35(14)2)12-30-18-5-3-15(4-6-18)10-31-23-33-20(21(36(37)38)22(28)34-23)9-16-11-29-8-7-19(16)24(25,26)27/h7-8,11,13,15,18,30H,3-6,9-10,12H2,1-2H3,(H3,28,31,33,34). The Morgan fingerprint density at radius 1 is 1.18 bits per heavy atom. The van der Waals surface area contributed by atoms with Crippen LogP contribution in [-0.4, -0.2) is 42.2 Å². The van der Waals surface area contributed by atoms with Gasteiger partial charge in [-0.15, -0.1) is 0 Å². The zero-order valence-electron chi connectivity index (χ0n) is 21.1. The highest BCUT2D eigenvalue weighted by Gasteiger charge is 2.34. The predicted octanol–water partition coefficient (Wildman–Crippen LogP) is 3.77. The van der Waals surface area contributed by atoms with Crippen LogP contribution in [0.4, 0.5) is 30.6 Å². The van der Waals surface area contributed by atoms with Crippen molar-refractivity contribution in [3.63, 3.8) is 0 Å². The highest BCUT2D eigenvalue weighted by Crippen LogP contribution is 2.34. The number of anilines is 2. The fourth-order valence-electron chi connectivity index (χ4n) is 4.73.